The Morgan fingerprint density at radius 3 is 2.74 bits per heavy atom. The largest absolute Gasteiger partial charge is 0.338 e. The van der Waals surface area contributed by atoms with E-state index in [0.29, 0.717) is 5.16 Å². The zero-order valence-corrected chi connectivity index (χ0v) is 16.8. The Bertz CT molecular complexity index is 743. The van der Waals surface area contributed by atoms with Crippen molar-refractivity contribution >= 4 is 17.7 Å². The van der Waals surface area contributed by atoms with Gasteiger partial charge in [-0.25, -0.2) is 9.37 Å². The van der Waals surface area contributed by atoms with Gasteiger partial charge >= 0.3 is 0 Å². The fraction of sp³-hybridized carbons (Fsp3) is 0.550. The molecule has 1 N–H and O–H groups in total. The van der Waals surface area contributed by atoms with Crippen LogP contribution in [0.2, 0.25) is 0 Å². The molecule has 1 atom stereocenters. The summed E-state index contributed by atoms with van der Waals surface area (Å²) in [7, 11) is 1.77. The van der Waals surface area contributed by atoms with Crippen LogP contribution in [0.5, 0.6) is 0 Å². The third-order valence-electron chi connectivity index (χ3n) is 5.43. The van der Waals surface area contributed by atoms with Crippen LogP contribution in [-0.4, -0.2) is 38.8 Å². The minimum Gasteiger partial charge on any atom is -0.338 e. The number of hydrogen-bond donors (Lipinski definition) is 1. The molecule has 1 aromatic heterocycles. The lowest BCUT2D eigenvalue weighted by Crippen LogP contribution is -2.31. The van der Waals surface area contributed by atoms with Gasteiger partial charge in [0.1, 0.15) is 11.6 Å². The Morgan fingerprint density at radius 1 is 1.33 bits per heavy atom. The molecule has 2 aromatic rings. The molecule has 1 heterocycles. The summed E-state index contributed by atoms with van der Waals surface area (Å²) >= 11 is 1.35. The number of hydrogen-bond acceptors (Lipinski definition) is 4. The number of nitrogens with one attached hydrogen (secondary N) is 1. The number of amides is 1. The number of benzene rings is 1. The van der Waals surface area contributed by atoms with Crippen molar-refractivity contribution in [3.8, 4) is 0 Å². The summed E-state index contributed by atoms with van der Waals surface area (Å²) in [6, 6.07) is 6.14. The number of rotatable bonds is 8. The first-order valence-electron chi connectivity index (χ1n) is 9.58. The van der Waals surface area contributed by atoms with Gasteiger partial charge in [-0.3, -0.25) is 9.89 Å². The lowest BCUT2D eigenvalue weighted by atomic mass is 10.0. The second-order valence-corrected chi connectivity index (χ2v) is 8.22. The highest BCUT2D eigenvalue weighted by Crippen LogP contribution is 2.28. The first-order chi connectivity index (χ1) is 13.0. The van der Waals surface area contributed by atoms with Crippen LogP contribution in [0.4, 0.5) is 4.39 Å². The van der Waals surface area contributed by atoms with E-state index in [9.17, 15) is 9.18 Å². The second-order valence-electron chi connectivity index (χ2n) is 7.27. The molecule has 0 saturated heterocycles. The van der Waals surface area contributed by atoms with Crippen LogP contribution < -0.4 is 0 Å². The van der Waals surface area contributed by atoms with E-state index in [1.165, 1.54) is 49.6 Å². The van der Waals surface area contributed by atoms with Crippen LogP contribution in [0.15, 0.2) is 29.4 Å². The maximum Gasteiger partial charge on any atom is 0.233 e. The lowest BCUT2D eigenvalue weighted by molar-refractivity contribution is -0.128. The van der Waals surface area contributed by atoms with Gasteiger partial charge < -0.3 is 4.90 Å². The molecule has 1 amide bonds. The van der Waals surface area contributed by atoms with Gasteiger partial charge in [0.25, 0.3) is 0 Å². The van der Waals surface area contributed by atoms with Gasteiger partial charge in [0, 0.05) is 13.5 Å². The fourth-order valence-electron chi connectivity index (χ4n) is 3.50. The van der Waals surface area contributed by atoms with E-state index in [4.69, 9.17) is 0 Å². The minimum atomic E-state index is -0.274. The molecule has 1 unspecified atom stereocenters. The molecule has 27 heavy (non-hydrogen) atoms. The summed E-state index contributed by atoms with van der Waals surface area (Å²) in [5.41, 5.74) is 0.907. The van der Waals surface area contributed by atoms with E-state index in [-0.39, 0.29) is 23.5 Å². The number of aromatic nitrogens is 3. The second kappa shape index (κ2) is 9.35. The molecule has 0 spiro atoms. The smallest absolute Gasteiger partial charge is 0.233 e. The van der Waals surface area contributed by atoms with Crippen molar-refractivity contribution in [1.29, 1.82) is 0 Å². The van der Waals surface area contributed by atoms with E-state index >= 15 is 0 Å². The summed E-state index contributed by atoms with van der Waals surface area (Å²) in [6.45, 7) is 1.93. The van der Waals surface area contributed by atoms with Crippen molar-refractivity contribution in [3.63, 3.8) is 0 Å². The van der Waals surface area contributed by atoms with Gasteiger partial charge in [0.05, 0.1) is 11.8 Å². The molecule has 3 rings (SSSR count). The average Bonchev–Trinajstić information content (AvgIpc) is 3.35. The topological polar surface area (TPSA) is 61.9 Å². The predicted octanol–water partition coefficient (Wildman–Crippen LogP) is 4.38. The number of aromatic amines is 1. The Kier molecular flexibility index (Phi) is 6.88. The highest BCUT2D eigenvalue weighted by atomic mass is 32.2. The maximum atomic E-state index is 13.1. The summed E-state index contributed by atoms with van der Waals surface area (Å²) in [5, 5.41) is 7.83. The zero-order valence-electron chi connectivity index (χ0n) is 15.9. The molecule has 1 aliphatic carbocycles. The fourth-order valence-corrected chi connectivity index (χ4v) is 4.24. The molecule has 0 aliphatic heterocycles. The van der Waals surface area contributed by atoms with Gasteiger partial charge in [-0.15, -0.1) is 5.10 Å². The SMILES string of the molecule is CC(c1ccc(F)cc1)N(C)C(=O)CSc1n[nH]c(CCC2CCCC2)n1. The molecule has 146 valence electrons. The lowest BCUT2D eigenvalue weighted by Gasteiger charge is -2.25. The van der Waals surface area contributed by atoms with Gasteiger partial charge in [-0.1, -0.05) is 49.6 Å². The number of aryl methyl sites for hydroxylation is 1. The summed E-state index contributed by atoms with van der Waals surface area (Å²) < 4.78 is 13.1. The highest BCUT2D eigenvalue weighted by Gasteiger charge is 2.19. The normalized spacial score (nSPS) is 15.8. The number of carbonyl (C=O) groups excluding carboxylic acids is 1. The van der Waals surface area contributed by atoms with Crippen molar-refractivity contribution < 1.29 is 9.18 Å². The first-order valence-corrected chi connectivity index (χ1v) is 10.6. The van der Waals surface area contributed by atoms with Crippen LogP contribution in [-0.2, 0) is 11.2 Å². The van der Waals surface area contributed by atoms with Crippen molar-refractivity contribution in [2.45, 2.75) is 56.6 Å². The van der Waals surface area contributed by atoms with Gasteiger partial charge in [-0.05, 0) is 37.0 Å². The molecule has 0 radical (unpaired) electrons. The Balaban J connectivity index is 1.46. The molecule has 1 saturated carbocycles. The Labute approximate surface area is 164 Å². The van der Waals surface area contributed by atoms with Crippen LogP contribution in [0.3, 0.4) is 0 Å². The van der Waals surface area contributed by atoms with E-state index in [0.717, 1.165) is 30.1 Å². The van der Waals surface area contributed by atoms with Crippen LogP contribution in [0.25, 0.3) is 0 Å². The number of thioether (sulfide) groups is 1. The van der Waals surface area contributed by atoms with Crippen LogP contribution in [0.1, 0.15) is 56.5 Å². The number of halogens is 1. The molecule has 0 bridgehead atoms. The Morgan fingerprint density at radius 2 is 2.04 bits per heavy atom. The van der Waals surface area contributed by atoms with Gasteiger partial charge in [0.15, 0.2) is 0 Å². The van der Waals surface area contributed by atoms with E-state index in [1.807, 2.05) is 6.92 Å². The number of H-pyrrole nitrogens is 1. The summed E-state index contributed by atoms with van der Waals surface area (Å²) in [6.07, 6.45) is 7.47. The molecule has 7 heteroatoms. The molecule has 1 aliphatic rings. The van der Waals surface area contributed by atoms with Crippen LogP contribution >= 0.6 is 11.8 Å². The van der Waals surface area contributed by atoms with Crippen molar-refractivity contribution in [1.82, 2.24) is 20.1 Å². The monoisotopic (exact) mass is 390 g/mol. The van der Waals surface area contributed by atoms with Crippen molar-refractivity contribution in [2.75, 3.05) is 12.8 Å². The first kappa shape index (κ1) is 19.9. The molecular weight excluding hydrogens is 363 g/mol. The Hall–Kier alpha value is -1.89. The zero-order chi connectivity index (χ0) is 19.2. The molecule has 1 aromatic carbocycles. The molecule has 1 fully saturated rings. The quantitative estimate of drug-likeness (QED) is 0.680. The average molecular weight is 391 g/mol. The molecule has 5 nitrogen and oxygen atoms in total. The standard InChI is InChI=1S/C20H27FN4OS/c1-14(16-8-10-17(21)11-9-16)25(2)19(26)13-27-20-22-18(23-24-20)12-7-15-5-3-4-6-15/h8-11,14-15H,3-7,12-13H2,1-2H3,(H,22,23,24). The predicted molar refractivity (Wildman–Crippen MR) is 105 cm³/mol. The number of nitrogens with zero attached hydrogens (tertiary/aromatic N) is 3. The maximum absolute atomic E-state index is 13.1. The third-order valence-corrected chi connectivity index (χ3v) is 6.26. The third kappa shape index (κ3) is 5.54. The van der Waals surface area contributed by atoms with Crippen molar-refractivity contribution in [3.05, 3.63) is 41.5 Å². The summed E-state index contributed by atoms with van der Waals surface area (Å²) in [5.74, 6) is 1.74. The van der Waals surface area contributed by atoms with E-state index in [1.54, 1.807) is 24.1 Å². The van der Waals surface area contributed by atoms with Gasteiger partial charge in [0.2, 0.25) is 11.1 Å². The highest BCUT2D eigenvalue weighted by molar-refractivity contribution is 7.99. The summed E-state index contributed by atoms with van der Waals surface area (Å²) in [4.78, 5) is 18.6. The van der Waals surface area contributed by atoms with Crippen LogP contribution in [0, 0.1) is 11.7 Å². The molecular formula is C20H27FN4OS. The minimum absolute atomic E-state index is 0.00543. The number of carbonyl (C=O) groups is 1. The van der Waals surface area contributed by atoms with E-state index in [2.05, 4.69) is 15.2 Å². The van der Waals surface area contributed by atoms with Gasteiger partial charge in [-0.2, -0.15) is 0 Å². The van der Waals surface area contributed by atoms with Crippen molar-refractivity contribution in [2.24, 2.45) is 5.92 Å². The van der Waals surface area contributed by atoms with E-state index < -0.39 is 0 Å².